The van der Waals surface area contributed by atoms with Gasteiger partial charge in [-0.1, -0.05) is 13.8 Å². The predicted molar refractivity (Wildman–Crippen MR) is 102 cm³/mol. The number of H-pyrrole nitrogens is 1. The third-order valence-electron chi connectivity index (χ3n) is 6.47. The second-order valence-electron chi connectivity index (χ2n) is 7.92. The van der Waals surface area contributed by atoms with Gasteiger partial charge in [-0.3, -0.25) is 9.59 Å². The Labute approximate surface area is 153 Å². The van der Waals surface area contributed by atoms with Crippen LogP contribution in [-0.2, 0) is 4.79 Å². The third-order valence-corrected chi connectivity index (χ3v) is 6.47. The van der Waals surface area contributed by atoms with Gasteiger partial charge in [-0.05, 0) is 61.8 Å². The molecule has 4 rings (SSSR count). The van der Waals surface area contributed by atoms with Crippen molar-refractivity contribution in [2.75, 3.05) is 0 Å². The topological polar surface area (TPSA) is 74.0 Å². The number of aromatic amines is 1. The van der Waals surface area contributed by atoms with Crippen molar-refractivity contribution < 1.29 is 9.59 Å². The molecule has 1 aliphatic carbocycles. The van der Waals surface area contributed by atoms with Gasteiger partial charge in [0, 0.05) is 40.7 Å². The lowest BCUT2D eigenvalue weighted by atomic mass is 9.67. The second kappa shape index (κ2) is 6.78. The van der Waals surface area contributed by atoms with Crippen molar-refractivity contribution in [2.24, 2.45) is 17.8 Å². The maximum absolute atomic E-state index is 12.7. The van der Waals surface area contributed by atoms with Crippen LogP contribution in [0.5, 0.6) is 0 Å². The molecule has 3 N–H and O–H groups in total. The number of piperidine rings is 1. The highest BCUT2D eigenvalue weighted by atomic mass is 16.2. The van der Waals surface area contributed by atoms with Crippen molar-refractivity contribution in [1.82, 2.24) is 15.6 Å². The van der Waals surface area contributed by atoms with Crippen LogP contribution in [0.25, 0.3) is 10.9 Å². The molecule has 5 atom stereocenters. The summed E-state index contributed by atoms with van der Waals surface area (Å²) >= 11 is 0. The Morgan fingerprint density at radius 2 is 2.12 bits per heavy atom. The molecule has 2 aliphatic rings. The molecule has 1 aliphatic heterocycles. The van der Waals surface area contributed by atoms with Gasteiger partial charge in [-0.2, -0.15) is 0 Å². The van der Waals surface area contributed by atoms with E-state index in [1.165, 1.54) is 0 Å². The molecule has 26 heavy (non-hydrogen) atoms. The lowest BCUT2D eigenvalue weighted by molar-refractivity contribution is -0.133. The van der Waals surface area contributed by atoms with Crippen LogP contribution in [0.1, 0.15) is 49.9 Å². The van der Waals surface area contributed by atoms with Crippen molar-refractivity contribution in [1.29, 1.82) is 0 Å². The van der Waals surface area contributed by atoms with Crippen LogP contribution in [0.2, 0.25) is 0 Å². The number of hydrogen-bond acceptors (Lipinski definition) is 2. The quantitative estimate of drug-likeness (QED) is 0.792. The number of nitrogens with one attached hydrogen (secondary N) is 3. The largest absolute Gasteiger partial charge is 0.361 e. The van der Waals surface area contributed by atoms with Gasteiger partial charge in [-0.25, -0.2) is 0 Å². The van der Waals surface area contributed by atoms with E-state index in [9.17, 15) is 9.59 Å². The molecule has 1 saturated carbocycles. The third kappa shape index (κ3) is 3.00. The summed E-state index contributed by atoms with van der Waals surface area (Å²) in [7, 11) is 0. The maximum Gasteiger partial charge on any atom is 0.251 e. The van der Waals surface area contributed by atoms with Crippen molar-refractivity contribution in [3.63, 3.8) is 0 Å². The zero-order chi connectivity index (χ0) is 18.3. The molecule has 2 heterocycles. The molecular weight excluding hydrogens is 326 g/mol. The van der Waals surface area contributed by atoms with E-state index in [0.29, 0.717) is 17.4 Å². The Bertz CT molecular complexity index is 828. The van der Waals surface area contributed by atoms with Gasteiger partial charge < -0.3 is 15.6 Å². The summed E-state index contributed by atoms with van der Waals surface area (Å²) in [6.07, 6.45) is 5.65. The first-order valence-electron chi connectivity index (χ1n) is 9.75. The van der Waals surface area contributed by atoms with Crippen molar-refractivity contribution in [3.8, 4) is 0 Å². The highest BCUT2D eigenvalue weighted by Gasteiger charge is 2.43. The van der Waals surface area contributed by atoms with E-state index in [0.717, 1.165) is 36.6 Å². The van der Waals surface area contributed by atoms with Crippen LogP contribution in [0.4, 0.5) is 0 Å². The molecule has 2 aromatic rings. The number of rotatable bonds is 3. The molecule has 0 spiro atoms. The number of carbonyl (C=O) groups is 2. The van der Waals surface area contributed by atoms with Crippen molar-refractivity contribution in [3.05, 3.63) is 36.0 Å². The van der Waals surface area contributed by atoms with Gasteiger partial charge in [0.2, 0.25) is 5.91 Å². The molecule has 2 fully saturated rings. The first-order valence-corrected chi connectivity index (χ1v) is 9.75. The maximum atomic E-state index is 12.7. The Morgan fingerprint density at radius 1 is 1.27 bits per heavy atom. The van der Waals surface area contributed by atoms with Crippen LogP contribution in [0, 0.1) is 17.8 Å². The minimum Gasteiger partial charge on any atom is -0.361 e. The van der Waals surface area contributed by atoms with Crippen LogP contribution in [-0.4, -0.2) is 28.9 Å². The molecular formula is C21H27N3O2. The predicted octanol–water partition coefficient (Wildman–Crippen LogP) is 3.23. The molecule has 5 nitrogen and oxygen atoms in total. The number of amides is 2. The number of hydrogen-bond donors (Lipinski definition) is 3. The van der Waals surface area contributed by atoms with E-state index < -0.39 is 0 Å². The normalized spacial score (nSPS) is 31.3. The van der Waals surface area contributed by atoms with E-state index in [4.69, 9.17) is 0 Å². The molecule has 138 valence electrons. The molecule has 1 aromatic heterocycles. The summed E-state index contributed by atoms with van der Waals surface area (Å²) in [5.74, 6) is 1.24. The molecule has 0 bridgehead atoms. The highest BCUT2D eigenvalue weighted by Crippen LogP contribution is 2.39. The number of benzene rings is 1. The second-order valence-corrected chi connectivity index (χ2v) is 7.92. The van der Waals surface area contributed by atoms with Gasteiger partial charge in [-0.15, -0.1) is 0 Å². The van der Waals surface area contributed by atoms with Crippen LogP contribution in [0.3, 0.4) is 0 Å². The molecule has 0 radical (unpaired) electrons. The molecule has 1 aromatic carbocycles. The van der Waals surface area contributed by atoms with E-state index >= 15 is 0 Å². The molecule has 5 unspecified atom stereocenters. The fraction of sp³-hybridized carbons (Fsp3) is 0.524. The minimum atomic E-state index is -0.0295. The van der Waals surface area contributed by atoms with Crippen LogP contribution in [0.15, 0.2) is 30.5 Å². The lowest BCUT2D eigenvalue weighted by Gasteiger charge is -2.46. The zero-order valence-electron chi connectivity index (χ0n) is 15.4. The molecule has 1 saturated heterocycles. The first kappa shape index (κ1) is 17.1. The summed E-state index contributed by atoms with van der Waals surface area (Å²) in [5, 5.41) is 7.44. The van der Waals surface area contributed by atoms with Gasteiger partial charge >= 0.3 is 0 Å². The van der Waals surface area contributed by atoms with Crippen molar-refractivity contribution in [2.45, 2.75) is 51.6 Å². The molecule has 5 heteroatoms. The fourth-order valence-electron chi connectivity index (χ4n) is 4.97. The molecule has 2 amide bonds. The van der Waals surface area contributed by atoms with E-state index in [1.54, 1.807) is 0 Å². The lowest BCUT2D eigenvalue weighted by Crippen LogP contribution is -2.58. The zero-order valence-corrected chi connectivity index (χ0v) is 15.4. The summed E-state index contributed by atoms with van der Waals surface area (Å²) in [5.41, 5.74) is 1.72. The summed E-state index contributed by atoms with van der Waals surface area (Å²) in [6.45, 7) is 4.31. The summed E-state index contributed by atoms with van der Waals surface area (Å²) in [4.78, 5) is 28.1. The number of aromatic nitrogens is 1. The smallest absolute Gasteiger partial charge is 0.251 e. The summed E-state index contributed by atoms with van der Waals surface area (Å²) < 4.78 is 0. The van der Waals surface area contributed by atoms with Gasteiger partial charge in [0.1, 0.15) is 0 Å². The fourth-order valence-corrected chi connectivity index (χ4v) is 4.97. The Balaban J connectivity index is 1.42. The standard InChI is InChI=1S/C21H27N3O2/c1-3-16-12(2)17-6-5-15(11-19(17)24-21(16)26)23-20(25)14-4-7-18-13(10-14)8-9-22-18/h4,7-10,12,15-17,19,22H,3,5-6,11H2,1-2H3,(H,23,25)(H,24,26). The first-order chi connectivity index (χ1) is 12.6. The average Bonchev–Trinajstić information content (AvgIpc) is 3.09. The van der Waals surface area contributed by atoms with Gasteiger partial charge in [0.15, 0.2) is 0 Å². The monoisotopic (exact) mass is 353 g/mol. The average molecular weight is 353 g/mol. The summed E-state index contributed by atoms with van der Waals surface area (Å²) in [6, 6.07) is 8.00. The van der Waals surface area contributed by atoms with Crippen molar-refractivity contribution >= 4 is 22.7 Å². The van der Waals surface area contributed by atoms with Gasteiger partial charge in [0.25, 0.3) is 5.91 Å². The SMILES string of the molecule is CCC1C(=O)NC2CC(NC(=O)c3ccc4[nH]ccc4c3)CCC2C1C. The van der Waals surface area contributed by atoms with Gasteiger partial charge in [0.05, 0.1) is 0 Å². The Hall–Kier alpha value is -2.30. The van der Waals surface area contributed by atoms with E-state index in [-0.39, 0.29) is 29.8 Å². The Kier molecular flexibility index (Phi) is 4.47. The minimum absolute atomic E-state index is 0.0295. The number of carbonyl (C=O) groups excluding carboxylic acids is 2. The van der Waals surface area contributed by atoms with Crippen LogP contribution >= 0.6 is 0 Å². The highest BCUT2D eigenvalue weighted by molar-refractivity contribution is 5.98. The van der Waals surface area contributed by atoms with E-state index in [1.807, 2.05) is 30.5 Å². The van der Waals surface area contributed by atoms with Crippen LogP contribution < -0.4 is 10.6 Å². The Morgan fingerprint density at radius 3 is 2.92 bits per heavy atom. The number of fused-ring (bicyclic) bond motifs is 2. The van der Waals surface area contributed by atoms with E-state index in [2.05, 4.69) is 29.5 Å².